The molecule has 0 bridgehead atoms. The number of amides is 1. The molecule has 1 aromatic carbocycles. The van der Waals surface area contributed by atoms with E-state index >= 15 is 0 Å². The van der Waals surface area contributed by atoms with Gasteiger partial charge in [-0.3, -0.25) is 4.79 Å². The lowest BCUT2D eigenvalue weighted by molar-refractivity contribution is -0.171. The Morgan fingerprint density at radius 1 is 1.30 bits per heavy atom. The van der Waals surface area contributed by atoms with E-state index in [4.69, 9.17) is 4.74 Å². The number of sulfone groups is 1. The highest BCUT2D eigenvalue weighted by molar-refractivity contribution is 7.92. The summed E-state index contributed by atoms with van der Waals surface area (Å²) in [5, 5.41) is -0.665. The van der Waals surface area contributed by atoms with Crippen molar-refractivity contribution in [2.75, 3.05) is 25.4 Å². The number of carbonyl (C=O) groups is 1. The number of fused-ring (bicyclic) bond motifs is 1. The van der Waals surface area contributed by atoms with Crippen molar-refractivity contribution in [3.05, 3.63) is 30.6 Å². The van der Waals surface area contributed by atoms with Gasteiger partial charge in [-0.15, -0.1) is 0 Å². The number of hydrogen-bond donors (Lipinski definition) is 0. The van der Waals surface area contributed by atoms with E-state index in [-0.39, 0.29) is 44.8 Å². The Bertz CT molecular complexity index is 1020. The van der Waals surface area contributed by atoms with Gasteiger partial charge in [-0.1, -0.05) is 12.1 Å². The molecule has 27 heavy (non-hydrogen) atoms. The van der Waals surface area contributed by atoms with Crippen molar-refractivity contribution < 1.29 is 22.3 Å². The van der Waals surface area contributed by atoms with Gasteiger partial charge in [-0.25, -0.2) is 17.8 Å². The Kier molecular flexibility index (Phi) is 3.49. The summed E-state index contributed by atoms with van der Waals surface area (Å²) in [7, 11) is -3.41. The third kappa shape index (κ3) is 2.75. The number of likely N-dealkylation sites (tertiary alicyclic amines) is 1. The van der Waals surface area contributed by atoms with Crippen LogP contribution in [0.5, 0.6) is 0 Å². The maximum Gasteiger partial charge on any atom is 0.260 e. The van der Waals surface area contributed by atoms with Crippen LogP contribution in [-0.4, -0.2) is 70.7 Å². The molecule has 9 heteroatoms. The molecule has 0 unspecified atom stereocenters. The highest BCUT2D eigenvalue weighted by Gasteiger charge is 2.60. The molecule has 1 atom stereocenters. The molecule has 0 radical (unpaired) electrons. The van der Waals surface area contributed by atoms with Crippen molar-refractivity contribution in [2.24, 2.45) is 0 Å². The second-order valence-electron chi connectivity index (χ2n) is 7.94. The maximum absolute atomic E-state index is 13.9. The van der Waals surface area contributed by atoms with Gasteiger partial charge >= 0.3 is 0 Å². The van der Waals surface area contributed by atoms with Gasteiger partial charge in [0.05, 0.1) is 42.8 Å². The molecular weight excluding hydrogens is 373 g/mol. The fourth-order valence-electron chi connectivity index (χ4n) is 4.02. The second kappa shape index (κ2) is 5.51. The van der Waals surface area contributed by atoms with Crippen LogP contribution in [0.1, 0.15) is 12.8 Å². The molecule has 7 nitrogen and oxygen atoms in total. The Morgan fingerprint density at radius 3 is 2.74 bits per heavy atom. The topological polar surface area (TPSA) is 81.5 Å². The average Bonchev–Trinajstić information content (AvgIpc) is 3.23. The monoisotopic (exact) mass is 393 g/mol. The molecule has 1 aliphatic carbocycles. The molecule has 2 aromatic rings. The molecule has 2 aliphatic heterocycles. The van der Waals surface area contributed by atoms with Gasteiger partial charge in [0.1, 0.15) is 10.9 Å². The van der Waals surface area contributed by atoms with E-state index in [0.717, 1.165) is 11.0 Å². The molecule has 1 saturated carbocycles. The SMILES string of the molecule is O=C(N1CC2(C1)CS(=O)(=O)[C@@H](Cn1cnc3ccccc31)CO2)C1(F)CC1. The van der Waals surface area contributed by atoms with Crippen molar-refractivity contribution >= 4 is 26.8 Å². The van der Waals surface area contributed by atoms with Crippen molar-refractivity contribution in [3.63, 3.8) is 0 Å². The fourth-order valence-corrected chi connectivity index (χ4v) is 5.92. The first-order valence-corrected chi connectivity index (χ1v) is 10.8. The Hall–Kier alpha value is -2.00. The van der Waals surface area contributed by atoms with Gasteiger partial charge in [0.15, 0.2) is 15.5 Å². The number of aromatic nitrogens is 2. The number of nitrogens with zero attached hydrogens (tertiary/aromatic N) is 3. The number of ether oxygens (including phenoxy) is 1. The van der Waals surface area contributed by atoms with Crippen LogP contribution in [0, 0.1) is 0 Å². The number of hydrogen-bond acceptors (Lipinski definition) is 5. The zero-order valence-corrected chi connectivity index (χ0v) is 15.5. The number of halogens is 1. The Morgan fingerprint density at radius 2 is 2.04 bits per heavy atom. The first kappa shape index (κ1) is 17.1. The summed E-state index contributed by atoms with van der Waals surface area (Å²) in [5.41, 5.74) is -0.907. The number of para-hydroxylation sites is 2. The summed E-state index contributed by atoms with van der Waals surface area (Å²) in [6.45, 7) is 0.641. The Labute approximate surface area is 156 Å². The zero-order valence-electron chi connectivity index (χ0n) is 14.7. The molecule has 0 N–H and O–H groups in total. The highest BCUT2D eigenvalue weighted by atomic mass is 32.2. The highest BCUT2D eigenvalue weighted by Crippen LogP contribution is 2.44. The van der Waals surface area contributed by atoms with Crippen molar-refractivity contribution in [3.8, 4) is 0 Å². The van der Waals surface area contributed by atoms with Crippen molar-refractivity contribution in [2.45, 2.75) is 35.9 Å². The van der Waals surface area contributed by atoms with Crippen LogP contribution in [0.15, 0.2) is 30.6 Å². The second-order valence-corrected chi connectivity index (χ2v) is 10.2. The van der Waals surface area contributed by atoms with Crippen LogP contribution in [0.3, 0.4) is 0 Å². The summed E-state index contributed by atoms with van der Waals surface area (Å²) in [6.07, 6.45) is 2.16. The van der Waals surface area contributed by atoms with E-state index in [2.05, 4.69) is 4.98 Å². The smallest absolute Gasteiger partial charge is 0.260 e. The molecule has 1 spiro atoms. The van der Waals surface area contributed by atoms with Gasteiger partial charge in [0, 0.05) is 6.54 Å². The molecule has 3 fully saturated rings. The minimum atomic E-state index is -3.41. The van der Waals surface area contributed by atoms with Crippen LogP contribution < -0.4 is 0 Å². The minimum absolute atomic E-state index is 0.0671. The molecule has 144 valence electrons. The molecule has 5 rings (SSSR count). The summed E-state index contributed by atoms with van der Waals surface area (Å²) >= 11 is 0. The molecule has 3 aliphatic rings. The lowest BCUT2D eigenvalue weighted by Gasteiger charge is -2.52. The number of rotatable bonds is 3. The predicted octanol–water partition coefficient (Wildman–Crippen LogP) is 0.933. The largest absolute Gasteiger partial charge is 0.369 e. The van der Waals surface area contributed by atoms with E-state index in [1.807, 2.05) is 28.8 Å². The number of imidazole rings is 1. The lowest BCUT2D eigenvalue weighted by Crippen LogP contribution is -2.71. The zero-order chi connectivity index (χ0) is 18.9. The molecular formula is C18H20FN3O4S. The van der Waals surface area contributed by atoms with Crippen LogP contribution in [0.2, 0.25) is 0 Å². The van der Waals surface area contributed by atoms with Crippen molar-refractivity contribution in [1.29, 1.82) is 0 Å². The van der Waals surface area contributed by atoms with Gasteiger partial charge in [0.2, 0.25) is 0 Å². The van der Waals surface area contributed by atoms with Gasteiger partial charge < -0.3 is 14.2 Å². The predicted molar refractivity (Wildman–Crippen MR) is 95.6 cm³/mol. The third-order valence-electron chi connectivity index (χ3n) is 5.79. The Balaban J connectivity index is 1.28. The average molecular weight is 393 g/mol. The molecule has 1 amide bonds. The molecule has 3 heterocycles. The maximum atomic E-state index is 13.9. The molecule has 2 saturated heterocycles. The summed E-state index contributed by atoms with van der Waals surface area (Å²) < 4.78 is 47.3. The third-order valence-corrected chi connectivity index (χ3v) is 8.02. The summed E-state index contributed by atoms with van der Waals surface area (Å²) in [4.78, 5) is 17.7. The quantitative estimate of drug-likeness (QED) is 0.775. The van der Waals surface area contributed by atoms with Gasteiger partial charge in [0.25, 0.3) is 5.91 Å². The summed E-state index contributed by atoms with van der Waals surface area (Å²) in [5.74, 6) is -0.665. The number of benzene rings is 1. The van der Waals surface area contributed by atoms with E-state index < -0.39 is 32.3 Å². The van der Waals surface area contributed by atoms with Crippen LogP contribution in [0.25, 0.3) is 11.0 Å². The van der Waals surface area contributed by atoms with Gasteiger partial charge in [-0.2, -0.15) is 0 Å². The fraction of sp³-hybridized carbons (Fsp3) is 0.556. The van der Waals surface area contributed by atoms with Crippen molar-refractivity contribution in [1.82, 2.24) is 14.5 Å². The number of alkyl halides is 1. The van der Waals surface area contributed by atoms with E-state index in [1.165, 1.54) is 4.90 Å². The number of carbonyl (C=O) groups excluding carboxylic acids is 1. The first-order chi connectivity index (χ1) is 12.8. The molecule has 1 aromatic heterocycles. The summed E-state index contributed by atoms with van der Waals surface area (Å²) in [6, 6.07) is 7.56. The van der Waals surface area contributed by atoms with E-state index in [9.17, 15) is 17.6 Å². The van der Waals surface area contributed by atoms with Crippen LogP contribution >= 0.6 is 0 Å². The van der Waals surface area contributed by atoms with Crippen LogP contribution in [0.4, 0.5) is 4.39 Å². The standard InChI is InChI=1S/C18H20FN3O4S/c19-18(5-6-18)16(23)22-9-17(10-22)11-27(24,25)13(8-26-17)7-21-12-20-14-3-1-2-4-15(14)21/h1-4,12-13H,5-11H2/t13-/m0/s1. The lowest BCUT2D eigenvalue weighted by atomic mass is 9.95. The minimum Gasteiger partial charge on any atom is -0.369 e. The van der Waals surface area contributed by atoms with Crippen LogP contribution in [-0.2, 0) is 25.9 Å². The van der Waals surface area contributed by atoms with Gasteiger partial charge in [-0.05, 0) is 25.0 Å². The van der Waals surface area contributed by atoms with E-state index in [1.54, 1.807) is 6.33 Å². The first-order valence-electron chi connectivity index (χ1n) is 9.04. The van der Waals surface area contributed by atoms with E-state index in [0.29, 0.717) is 0 Å². The normalized spacial score (nSPS) is 27.4.